The Labute approximate surface area is 163 Å². The summed E-state index contributed by atoms with van der Waals surface area (Å²) in [5.41, 5.74) is 1.45. The monoisotopic (exact) mass is 399 g/mol. The number of non-ortho nitro benzene ring substituents is 1. The molecule has 1 aromatic carbocycles. The van der Waals surface area contributed by atoms with Gasteiger partial charge in [-0.05, 0) is 6.07 Å². The number of aryl methyl sites for hydroxylation is 2. The highest BCUT2D eigenvalue weighted by Crippen LogP contribution is 2.42. The van der Waals surface area contributed by atoms with Gasteiger partial charge in [0.2, 0.25) is 0 Å². The Morgan fingerprint density at radius 3 is 1.83 bits per heavy atom. The molecule has 11 nitrogen and oxygen atoms in total. The van der Waals surface area contributed by atoms with Crippen molar-refractivity contribution in [3.8, 4) is 0 Å². The highest BCUT2D eigenvalue weighted by molar-refractivity contribution is 6.03. The minimum Gasteiger partial charge on any atom is -0.454 e. The number of imidazole rings is 2. The third kappa shape index (κ3) is 2.50. The normalized spacial score (nSPS) is 20.1. The molecule has 0 saturated heterocycles. The van der Waals surface area contributed by atoms with E-state index in [0.29, 0.717) is 48.6 Å². The van der Waals surface area contributed by atoms with Gasteiger partial charge in [0, 0.05) is 39.8 Å². The third-order valence-corrected chi connectivity index (χ3v) is 5.40. The number of nitro benzene ring substituents is 1. The molecule has 4 heterocycles. The lowest BCUT2D eigenvalue weighted by atomic mass is 10.2. The van der Waals surface area contributed by atoms with Crippen LogP contribution in [0.1, 0.15) is 50.5 Å². The maximum absolute atomic E-state index is 11.9. The minimum atomic E-state index is -0.520. The van der Waals surface area contributed by atoms with Crippen LogP contribution in [0.3, 0.4) is 0 Å². The Balaban J connectivity index is 1.74. The van der Waals surface area contributed by atoms with Crippen LogP contribution in [0.2, 0.25) is 0 Å². The second kappa shape index (κ2) is 6.00. The average Bonchev–Trinajstić information content (AvgIpc) is 3.35. The quantitative estimate of drug-likeness (QED) is 0.372. The molecule has 0 unspecified atom stereocenters. The van der Waals surface area contributed by atoms with E-state index in [1.54, 1.807) is 0 Å². The first-order valence-electron chi connectivity index (χ1n) is 9.27. The van der Waals surface area contributed by atoms with Gasteiger partial charge in [-0.3, -0.25) is 19.7 Å². The number of hydrogen-bond donors (Lipinski definition) is 0. The SMILES string of the molecule is CC(=O)O[C@@H]1CCn2c1nc1c([N+](=O)[O-])c3nc4n(c3cc12)CC[C@H]4OC(C)=O. The van der Waals surface area contributed by atoms with Crippen LogP contribution in [0.15, 0.2) is 6.07 Å². The summed E-state index contributed by atoms with van der Waals surface area (Å²) in [4.78, 5) is 43.1. The molecule has 0 spiro atoms. The summed E-state index contributed by atoms with van der Waals surface area (Å²) < 4.78 is 14.3. The van der Waals surface area contributed by atoms with Gasteiger partial charge in [0.15, 0.2) is 34.9 Å². The number of carbonyl (C=O) groups excluding carboxylic acids is 2. The van der Waals surface area contributed by atoms with Crippen molar-refractivity contribution < 1.29 is 24.0 Å². The Morgan fingerprint density at radius 2 is 1.45 bits per heavy atom. The van der Waals surface area contributed by atoms with Gasteiger partial charge in [-0.2, -0.15) is 0 Å². The fourth-order valence-electron chi connectivity index (χ4n) is 4.36. The van der Waals surface area contributed by atoms with E-state index in [2.05, 4.69) is 9.97 Å². The Bertz CT molecular complexity index is 1140. The number of nitrogens with zero attached hydrogens (tertiary/aromatic N) is 5. The van der Waals surface area contributed by atoms with Crippen LogP contribution in [0, 0.1) is 10.1 Å². The predicted octanol–water partition coefficient (Wildman–Crippen LogP) is 2.31. The molecule has 2 atom stereocenters. The van der Waals surface area contributed by atoms with E-state index < -0.39 is 29.1 Å². The van der Waals surface area contributed by atoms with Gasteiger partial charge >= 0.3 is 17.6 Å². The van der Waals surface area contributed by atoms with Gasteiger partial charge in [-0.25, -0.2) is 9.97 Å². The number of carbonyl (C=O) groups is 2. The molecule has 0 aliphatic carbocycles. The predicted molar refractivity (Wildman–Crippen MR) is 97.9 cm³/mol. The largest absolute Gasteiger partial charge is 0.454 e. The molecule has 0 saturated carbocycles. The highest BCUT2D eigenvalue weighted by Gasteiger charge is 2.36. The lowest BCUT2D eigenvalue weighted by molar-refractivity contribution is -0.381. The Kier molecular flexibility index (Phi) is 3.64. The zero-order valence-corrected chi connectivity index (χ0v) is 15.7. The average molecular weight is 399 g/mol. The fraction of sp³-hybridized carbons (Fsp3) is 0.444. The number of hydrogen-bond acceptors (Lipinski definition) is 8. The number of rotatable bonds is 3. The van der Waals surface area contributed by atoms with Gasteiger partial charge in [0.05, 0.1) is 16.0 Å². The molecule has 2 aliphatic heterocycles. The molecule has 0 radical (unpaired) electrons. The molecular weight excluding hydrogens is 382 g/mol. The van der Waals surface area contributed by atoms with Crippen molar-refractivity contribution in [2.24, 2.45) is 0 Å². The number of esters is 2. The molecule has 0 N–H and O–H groups in total. The van der Waals surface area contributed by atoms with Crippen molar-refractivity contribution in [1.29, 1.82) is 0 Å². The van der Waals surface area contributed by atoms with E-state index in [-0.39, 0.29) is 16.7 Å². The molecule has 0 amide bonds. The van der Waals surface area contributed by atoms with Gasteiger partial charge < -0.3 is 18.6 Å². The molecule has 29 heavy (non-hydrogen) atoms. The summed E-state index contributed by atoms with van der Waals surface area (Å²) >= 11 is 0. The summed E-state index contributed by atoms with van der Waals surface area (Å²) in [6.45, 7) is 3.74. The van der Waals surface area contributed by atoms with Crippen LogP contribution in [-0.4, -0.2) is 36.0 Å². The topological polar surface area (TPSA) is 131 Å². The van der Waals surface area contributed by atoms with E-state index in [0.717, 1.165) is 0 Å². The van der Waals surface area contributed by atoms with Gasteiger partial charge in [0.25, 0.3) is 0 Å². The fourth-order valence-corrected chi connectivity index (χ4v) is 4.36. The van der Waals surface area contributed by atoms with Crippen LogP contribution in [-0.2, 0) is 32.2 Å². The molecule has 5 rings (SSSR count). The second-order valence-corrected chi connectivity index (χ2v) is 7.23. The van der Waals surface area contributed by atoms with Crippen LogP contribution < -0.4 is 0 Å². The summed E-state index contributed by atoms with van der Waals surface area (Å²) in [7, 11) is 0. The zero-order valence-electron chi connectivity index (χ0n) is 15.7. The van der Waals surface area contributed by atoms with Crippen molar-refractivity contribution >= 4 is 39.7 Å². The second-order valence-electron chi connectivity index (χ2n) is 7.23. The van der Waals surface area contributed by atoms with E-state index in [9.17, 15) is 19.7 Å². The van der Waals surface area contributed by atoms with Crippen LogP contribution in [0.4, 0.5) is 5.69 Å². The lowest BCUT2D eigenvalue weighted by Gasteiger charge is -2.07. The van der Waals surface area contributed by atoms with Crippen molar-refractivity contribution in [3.63, 3.8) is 0 Å². The number of aromatic nitrogens is 4. The Morgan fingerprint density at radius 1 is 1.00 bits per heavy atom. The first-order valence-corrected chi connectivity index (χ1v) is 9.27. The van der Waals surface area contributed by atoms with Crippen molar-refractivity contribution in [2.75, 3.05) is 0 Å². The first-order chi connectivity index (χ1) is 13.8. The van der Waals surface area contributed by atoms with E-state index in [1.807, 2.05) is 15.2 Å². The minimum absolute atomic E-state index is 0.190. The van der Waals surface area contributed by atoms with Crippen LogP contribution >= 0.6 is 0 Å². The molecule has 11 heteroatoms. The summed E-state index contributed by atoms with van der Waals surface area (Å²) in [6.07, 6.45) is 0.105. The lowest BCUT2D eigenvalue weighted by Crippen LogP contribution is -2.06. The Hall–Kier alpha value is -3.50. The molecule has 2 aromatic heterocycles. The molecule has 0 bridgehead atoms. The maximum Gasteiger partial charge on any atom is 0.324 e. The molecule has 3 aromatic rings. The summed E-state index contributed by atoms with van der Waals surface area (Å²) in [5, 5.41) is 11.9. The third-order valence-electron chi connectivity index (χ3n) is 5.40. The van der Waals surface area contributed by atoms with Gasteiger partial charge in [0.1, 0.15) is 0 Å². The molecular formula is C18H17N5O6. The van der Waals surface area contributed by atoms with Crippen molar-refractivity contribution in [2.45, 2.75) is 52.0 Å². The summed E-state index contributed by atoms with van der Waals surface area (Å²) in [5.74, 6) is 0.168. The maximum atomic E-state index is 11.9. The number of ether oxygens (including phenoxy) is 2. The molecule has 150 valence electrons. The molecule has 2 aliphatic rings. The number of fused-ring (bicyclic) bond motifs is 6. The van der Waals surface area contributed by atoms with E-state index in [4.69, 9.17) is 9.47 Å². The molecule has 0 fully saturated rings. The number of benzene rings is 1. The highest BCUT2D eigenvalue weighted by atomic mass is 16.6. The number of nitro groups is 1. The summed E-state index contributed by atoms with van der Waals surface area (Å²) in [6, 6.07) is 1.83. The smallest absolute Gasteiger partial charge is 0.324 e. The van der Waals surface area contributed by atoms with E-state index in [1.165, 1.54) is 13.8 Å². The van der Waals surface area contributed by atoms with Crippen molar-refractivity contribution in [1.82, 2.24) is 19.1 Å². The first kappa shape index (κ1) is 17.6. The van der Waals surface area contributed by atoms with E-state index >= 15 is 0 Å². The van der Waals surface area contributed by atoms with Gasteiger partial charge in [-0.1, -0.05) is 0 Å². The van der Waals surface area contributed by atoms with Crippen LogP contribution in [0.25, 0.3) is 22.1 Å². The van der Waals surface area contributed by atoms with Crippen molar-refractivity contribution in [3.05, 3.63) is 27.8 Å². The van der Waals surface area contributed by atoms with Crippen LogP contribution in [0.5, 0.6) is 0 Å². The van der Waals surface area contributed by atoms with Gasteiger partial charge in [-0.15, -0.1) is 0 Å². The zero-order chi connectivity index (χ0) is 20.4. The standard InChI is InChI=1S/C18H17N5O6/c1-8(24)28-12-3-5-21-10-7-11-15(16(23(26)27)14(10)19-17(12)21)20-18-13(29-9(2)25)4-6-22(11)18/h7,12-13H,3-6H2,1-2H3/t12-,13-/m1/s1.